The van der Waals surface area contributed by atoms with Gasteiger partial charge in [0, 0.05) is 32.8 Å². The molecular weight excluding hydrogens is 827 g/mol. The van der Waals surface area contributed by atoms with Crippen molar-refractivity contribution in [3.05, 3.63) is 266 Å². The minimum absolute atomic E-state index is 0.464. The van der Waals surface area contributed by atoms with E-state index in [1.807, 2.05) is 11.3 Å². The van der Waals surface area contributed by atoms with E-state index in [9.17, 15) is 0 Å². The molecule has 0 aliphatic heterocycles. The Morgan fingerprint density at radius 2 is 0.881 bits per heavy atom. The normalized spacial score (nSPS) is 15.3. The number of benzene rings is 9. The van der Waals surface area contributed by atoms with Crippen molar-refractivity contribution in [2.24, 2.45) is 11.8 Å². The van der Waals surface area contributed by atoms with Gasteiger partial charge in [0.15, 0.2) is 0 Å². The lowest BCUT2D eigenvalue weighted by atomic mass is 9.77. The molecule has 2 heteroatoms. The standard InChI is InChI=1S/C65H47NS/c1-44-38-54(40-53-18-8-9-21-60(44)53)52-20-12-19-51(39-52)49-28-26-47(27-29-49)48-30-34-58(35-31-48)66(63-24-13-23-62-61-22-10-11-25-64(61)67-65(62)63)59-36-32-50(33-37-59)57-42-55(45-14-4-2-5-15-45)41-56(43-57)46-16-6-3-7-17-46/h2-44,60H,1H3. The molecule has 2 unspecified atom stereocenters. The van der Waals surface area contributed by atoms with Gasteiger partial charge in [-0.25, -0.2) is 0 Å². The Balaban J connectivity index is 0.882. The molecule has 2 atom stereocenters. The van der Waals surface area contributed by atoms with Crippen molar-refractivity contribution in [2.45, 2.75) is 6.92 Å². The van der Waals surface area contributed by atoms with E-state index in [4.69, 9.17) is 0 Å². The van der Waals surface area contributed by atoms with Gasteiger partial charge in [0.2, 0.25) is 0 Å². The summed E-state index contributed by atoms with van der Waals surface area (Å²) in [7, 11) is 0. The van der Waals surface area contributed by atoms with Crippen LogP contribution in [0.4, 0.5) is 17.1 Å². The van der Waals surface area contributed by atoms with Crippen LogP contribution >= 0.6 is 11.3 Å². The summed E-state index contributed by atoms with van der Waals surface area (Å²) in [4.78, 5) is 2.43. The summed E-state index contributed by atoms with van der Waals surface area (Å²) < 4.78 is 2.57. The fourth-order valence-corrected chi connectivity index (χ4v) is 11.3. The molecule has 0 N–H and O–H groups in total. The molecule has 0 spiro atoms. The number of anilines is 3. The molecule has 0 saturated heterocycles. The topological polar surface area (TPSA) is 3.24 Å². The predicted octanol–water partition coefficient (Wildman–Crippen LogP) is 18.6. The molecule has 318 valence electrons. The molecule has 0 fully saturated rings. The number of thiophene rings is 1. The highest BCUT2D eigenvalue weighted by molar-refractivity contribution is 7.26. The molecule has 9 aromatic carbocycles. The minimum atomic E-state index is 0.464. The Kier molecular flexibility index (Phi) is 10.5. The van der Waals surface area contributed by atoms with Crippen LogP contribution < -0.4 is 4.90 Å². The van der Waals surface area contributed by atoms with Gasteiger partial charge < -0.3 is 4.90 Å². The zero-order valence-corrected chi connectivity index (χ0v) is 38.1. The molecule has 2 aliphatic carbocycles. The van der Waals surface area contributed by atoms with Crippen LogP contribution in [0.5, 0.6) is 0 Å². The quantitative estimate of drug-likeness (QED) is 0.140. The highest BCUT2D eigenvalue weighted by atomic mass is 32.1. The molecule has 2 aliphatic rings. The van der Waals surface area contributed by atoms with Gasteiger partial charge in [-0.15, -0.1) is 11.3 Å². The zero-order chi connectivity index (χ0) is 44.7. The summed E-state index contributed by atoms with van der Waals surface area (Å²) in [6.45, 7) is 2.32. The highest BCUT2D eigenvalue weighted by Gasteiger charge is 2.23. The summed E-state index contributed by atoms with van der Waals surface area (Å²) in [5, 5.41) is 2.57. The van der Waals surface area contributed by atoms with E-state index in [1.165, 1.54) is 98.2 Å². The van der Waals surface area contributed by atoms with Gasteiger partial charge >= 0.3 is 0 Å². The van der Waals surface area contributed by atoms with Gasteiger partial charge in [-0.1, -0.05) is 201 Å². The van der Waals surface area contributed by atoms with Crippen LogP contribution in [0.3, 0.4) is 0 Å². The molecule has 1 aromatic heterocycles. The van der Waals surface area contributed by atoms with E-state index in [-0.39, 0.29) is 0 Å². The van der Waals surface area contributed by atoms with E-state index >= 15 is 0 Å². The SMILES string of the molecule is CC1C=C(c2cccc(-c3ccc(-c4ccc(N(c5ccc(-c6cc(-c7ccccc7)cc(-c7ccccc7)c6)cc5)c5cccc6c5sc5ccccc56)cc4)cc3)c2)C=C2C=CC=CC21. The van der Waals surface area contributed by atoms with Gasteiger partial charge in [0.1, 0.15) is 0 Å². The fraction of sp³-hybridized carbons (Fsp3) is 0.0462. The number of fused-ring (bicyclic) bond motifs is 4. The molecule has 0 amide bonds. The second-order valence-electron chi connectivity index (χ2n) is 17.8. The van der Waals surface area contributed by atoms with Crippen molar-refractivity contribution >= 4 is 54.1 Å². The summed E-state index contributed by atoms with van der Waals surface area (Å²) >= 11 is 1.87. The third-order valence-electron chi connectivity index (χ3n) is 13.5. The Labute approximate surface area is 397 Å². The van der Waals surface area contributed by atoms with Crippen LogP contribution in [-0.2, 0) is 0 Å². The van der Waals surface area contributed by atoms with Crippen molar-refractivity contribution < 1.29 is 0 Å². The van der Waals surface area contributed by atoms with Crippen molar-refractivity contribution in [2.75, 3.05) is 4.90 Å². The molecule has 10 aromatic rings. The Bertz CT molecular complexity index is 3490. The summed E-state index contributed by atoms with van der Waals surface area (Å²) in [6.07, 6.45) is 13.7. The lowest BCUT2D eigenvalue weighted by Gasteiger charge is -2.27. The van der Waals surface area contributed by atoms with E-state index in [1.54, 1.807) is 0 Å². The van der Waals surface area contributed by atoms with E-state index in [0.29, 0.717) is 11.8 Å². The van der Waals surface area contributed by atoms with Crippen molar-refractivity contribution in [3.63, 3.8) is 0 Å². The second-order valence-corrected chi connectivity index (χ2v) is 18.8. The third kappa shape index (κ3) is 7.86. The maximum absolute atomic E-state index is 2.43. The van der Waals surface area contributed by atoms with Crippen LogP contribution in [0.2, 0.25) is 0 Å². The number of allylic oxidation sites excluding steroid dienone is 8. The average Bonchev–Trinajstić information content (AvgIpc) is 3.79. The Hall–Kier alpha value is -8.04. The summed E-state index contributed by atoms with van der Waals surface area (Å²) in [5.41, 5.74) is 19.4. The Morgan fingerprint density at radius 3 is 1.52 bits per heavy atom. The van der Waals surface area contributed by atoms with Crippen molar-refractivity contribution in [3.8, 4) is 55.6 Å². The number of rotatable bonds is 9. The first kappa shape index (κ1) is 40.5. The van der Waals surface area contributed by atoms with Crippen LogP contribution in [0.25, 0.3) is 81.4 Å². The average molecular weight is 874 g/mol. The molecule has 67 heavy (non-hydrogen) atoms. The van der Waals surface area contributed by atoms with Gasteiger partial charge in [-0.05, 0) is 139 Å². The fourth-order valence-electron chi connectivity index (χ4n) is 10.1. The maximum Gasteiger partial charge on any atom is 0.0640 e. The van der Waals surface area contributed by atoms with Gasteiger partial charge in [0.25, 0.3) is 0 Å². The van der Waals surface area contributed by atoms with E-state index < -0.39 is 0 Å². The first-order valence-electron chi connectivity index (χ1n) is 23.3. The molecule has 1 nitrogen and oxygen atoms in total. The smallest absolute Gasteiger partial charge is 0.0640 e. The largest absolute Gasteiger partial charge is 0.309 e. The van der Waals surface area contributed by atoms with Crippen LogP contribution in [-0.4, -0.2) is 0 Å². The van der Waals surface area contributed by atoms with Gasteiger partial charge in [0.05, 0.1) is 10.4 Å². The summed E-state index contributed by atoms with van der Waals surface area (Å²) in [5.74, 6) is 0.930. The molecule has 12 rings (SSSR count). The monoisotopic (exact) mass is 873 g/mol. The minimum Gasteiger partial charge on any atom is -0.309 e. The first-order chi connectivity index (χ1) is 33.1. The van der Waals surface area contributed by atoms with Crippen molar-refractivity contribution in [1.29, 1.82) is 0 Å². The number of hydrogen-bond donors (Lipinski definition) is 0. The predicted molar refractivity (Wildman–Crippen MR) is 288 cm³/mol. The lowest BCUT2D eigenvalue weighted by molar-refractivity contribution is 0.585. The third-order valence-corrected chi connectivity index (χ3v) is 14.7. The van der Waals surface area contributed by atoms with Gasteiger partial charge in [-0.3, -0.25) is 0 Å². The lowest BCUT2D eigenvalue weighted by Crippen LogP contribution is -2.14. The highest BCUT2D eigenvalue weighted by Crippen LogP contribution is 2.46. The summed E-state index contributed by atoms with van der Waals surface area (Å²) in [6, 6.07) is 80.1. The van der Waals surface area contributed by atoms with Crippen LogP contribution in [0, 0.1) is 11.8 Å². The van der Waals surface area contributed by atoms with E-state index in [2.05, 4.69) is 267 Å². The molecule has 1 heterocycles. The van der Waals surface area contributed by atoms with E-state index in [0.717, 1.165) is 11.4 Å². The maximum atomic E-state index is 2.43. The Morgan fingerprint density at radius 1 is 0.403 bits per heavy atom. The number of nitrogens with zero attached hydrogens (tertiary/aromatic N) is 1. The molecule has 0 bridgehead atoms. The number of hydrogen-bond acceptors (Lipinski definition) is 2. The molecule has 0 radical (unpaired) electrons. The van der Waals surface area contributed by atoms with Crippen molar-refractivity contribution in [1.82, 2.24) is 0 Å². The molecular formula is C65H47NS. The zero-order valence-electron chi connectivity index (χ0n) is 37.3. The first-order valence-corrected chi connectivity index (χ1v) is 24.1. The second kappa shape index (κ2) is 17.4. The van der Waals surface area contributed by atoms with Crippen LogP contribution in [0.15, 0.2) is 260 Å². The van der Waals surface area contributed by atoms with Crippen LogP contribution in [0.1, 0.15) is 12.5 Å². The van der Waals surface area contributed by atoms with Gasteiger partial charge in [-0.2, -0.15) is 0 Å². The molecule has 0 saturated carbocycles.